The van der Waals surface area contributed by atoms with E-state index in [1.54, 1.807) is 6.92 Å². The SMILES string of the molecule is CCN(CC(N)=O)S(=O)(=O)c1ccc(Cl)c(N)c1. The summed E-state index contributed by atoms with van der Waals surface area (Å²) in [7, 11) is -3.79. The summed E-state index contributed by atoms with van der Waals surface area (Å²) in [6, 6.07) is 3.97. The number of hydrogen-bond acceptors (Lipinski definition) is 4. The van der Waals surface area contributed by atoms with Gasteiger partial charge in [0, 0.05) is 6.54 Å². The molecule has 0 bridgehead atoms. The Bertz CT molecular complexity index is 559. The van der Waals surface area contributed by atoms with Crippen molar-refractivity contribution in [3.63, 3.8) is 0 Å². The van der Waals surface area contributed by atoms with Crippen LogP contribution in [0.15, 0.2) is 23.1 Å². The maximum Gasteiger partial charge on any atom is 0.243 e. The Hall–Kier alpha value is -1.31. The molecule has 6 nitrogen and oxygen atoms in total. The van der Waals surface area contributed by atoms with Crippen LogP contribution in [0.5, 0.6) is 0 Å². The van der Waals surface area contributed by atoms with E-state index in [2.05, 4.69) is 0 Å². The van der Waals surface area contributed by atoms with Crippen LogP contribution < -0.4 is 11.5 Å². The van der Waals surface area contributed by atoms with Crippen LogP contribution in [0, 0.1) is 0 Å². The third kappa shape index (κ3) is 3.12. The van der Waals surface area contributed by atoms with Crippen molar-refractivity contribution in [2.24, 2.45) is 5.73 Å². The van der Waals surface area contributed by atoms with Gasteiger partial charge in [-0.1, -0.05) is 18.5 Å². The molecular weight excluding hydrogens is 278 g/mol. The summed E-state index contributed by atoms with van der Waals surface area (Å²) in [4.78, 5) is 10.8. The molecule has 0 aliphatic rings. The Morgan fingerprint density at radius 1 is 1.44 bits per heavy atom. The van der Waals surface area contributed by atoms with E-state index < -0.39 is 15.9 Å². The number of carbonyl (C=O) groups excluding carboxylic acids is 1. The van der Waals surface area contributed by atoms with Gasteiger partial charge in [0.05, 0.1) is 22.2 Å². The number of carbonyl (C=O) groups is 1. The maximum atomic E-state index is 12.2. The monoisotopic (exact) mass is 291 g/mol. The molecular formula is C10H14ClN3O3S. The van der Waals surface area contributed by atoms with Crippen LogP contribution in [0.25, 0.3) is 0 Å². The number of rotatable bonds is 5. The molecule has 0 aliphatic heterocycles. The molecule has 0 aromatic heterocycles. The predicted molar refractivity (Wildman–Crippen MR) is 69.5 cm³/mol. The number of benzene rings is 1. The standard InChI is InChI=1S/C10H14ClN3O3S/c1-2-14(6-10(13)15)18(16,17)7-3-4-8(11)9(12)5-7/h3-5H,2,6,12H2,1H3,(H2,13,15). The van der Waals surface area contributed by atoms with Gasteiger partial charge >= 0.3 is 0 Å². The third-order valence-corrected chi connectivity index (χ3v) is 4.55. The largest absolute Gasteiger partial charge is 0.397 e. The molecule has 1 aromatic carbocycles. The van der Waals surface area contributed by atoms with Crippen molar-refractivity contribution >= 4 is 33.2 Å². The summed E-state index contributed by atoms with van der Waals surface area (Å²) in [5, 5.41) is 0.270. The number of nitrogens with zero attached hydrogens (tertiary/aromatic N) is 1. The Morgan fingerprint density at radius 2 is 2.06 bits per heavy atom. The zero-order valence-corrected chi connectivity index (χ0v) is 11.3. The second kappa shape index (κ2) is 5.55. The second-order valence-electron chi connectivity index (χ2n) is 3.58. The summed E-state index contributed by atoms with van der Waals surface area (Å²) in [5.41, 5.74) is 10.7. The molecule has 0 saturated carbocycles. The van der Waals surface area contributed by atoms with Crippen LogP contribution in [0.2, 0.25) is 5.02 Å². The van der Waals surface area contributed by atoms with E-state index in [-0.39, 0.29) is 28.7 Å². The van der Waals surface area contributed by atoms with Gasteiger partial charge in [-0.2, -0.15) is 4.31 Å². The molecule has 1 amide bonds. The van der Waals surface area contributed by atoms with Crippen LogP contribution in [-0.2, 0) is 14.8 Å². The van der Waals surface area contributed by atoms with Crippen molar-refractivity contribution < 1.29 is 13.2 Å². The number of primary amides is 1. The highest BCUT2D eigenvalue weighted by atomic mass is 35.5. The van der Waals surface area contributed by atoms with Crippen LogP contribution in [-0.4, -0.2) is 31.7 Å². The fourth-order valence-electron chi connectivity index (χ4n) is 1.37. The van der Waals surface area contributed by atoms with E-state index >= 15 is 0 Å². The van der Waals surface area contributed by atoms with Gasteiger partial charge in [-0.05, 0) is 18.2 Å². The molecule has 100 valence electrons. The smallest absolute Gasteiger partial charge is 0.243 e. The van der Waals surface area contributed by atoms with Gasteiger partial charge in [-0.3, -0.25) is 4.79 Å². The van der Waals surface area contributed by atoms with E-state index in [1.165, 1.54) is 18.2 Å². The van der Waals surface area contributed by atoms with Crippen LogP contribution in [0.1, 0.15) is 6.92 Å². The summed E-state index contributed by atoms with van der Waals surface area (Å²) in [6.45, 7) is 1.37. The van der Waals surface area contributed by atoms with Gasteiger partial charge in [-0.25, -0.2) is 8.42 Å². The normalized spacial score (nSPS) is 11.7. The lowest BCUT2D eigenvalue weighted by molar-refractivity contribution is -0.118. The molecule has 8 heteroatoms. The van der Waals surface area contributed by atoms with E-state index in [0.717, 1.165) is 4.31 Å². The first-order valence-corrected chi connectivity index (χ1v) is 6.94. The highest BCUT2D eigenvalue weighted by molar-refractivity contribution is 7.89. The molecule has 4 N–H and O–H groups in total. The Labute approximate surface area is 111 Å². The predicted octanol–water partition coefficient (Wildman–Crippen LogP) is 0.418. The fraction of sp³-hybridized carbons (Fsp3) is 0.300. The van der Waals surface area contributed by atoms with Crippen molar-refractivity contribution in [2.75, 3.05) is 18.8 Å². The van der Waals surface area contributed by atoms with E-state index in [1.807, 2.05) is 0 Å². The highest BCUT2D eigenvalue weighted by Gasteiger charge is 2.24. The average Bonchev–Trinajstić information content (AvgIpc) is 2.28. The molecule has 18 heavy (non-hydrogen) atoms. The van der Waals surface area contributed by atoms with E-state index in [0.29, 0.717) is 0 Å². The van der Waals surface area contributed by atoms with Crippen LogP contribution in [0.3, 0.4) is 0 Å². The van der Waals surface area contributed by atoms with Gasteiger partial charge in [0.2, 0.25) is 15.9 Å². The fourth-order valence-corrected chi connectivity index (χ4v) is 2.94. The lowest BCUT2D eigenvalue weighted by Gasteiger charge is -2.19. The number of likely N-dealkylation sites (N-methyl/N-ethyl adjacent to an activating group) is 1. The van der Waals surface area contributed by atoms with Crippen molar-refractivity contribution in [2.45, 2.75) is 11.8 Å². The lowest BCUT2D eigenvalue weighted by atomic mass is 10.3. The molecule has 1 aromatic rings. The molecule has 0 radical (unpaired) electrons. The number of amides is 1. The number of halogens is 1. The van der Waals surface area contributed by atoms with E-state index in [9.17, 15) is 13.2 Å². The minimum atomic E-state index is -3.79. The lowest BCUT2D eigenvalue weighted by Crippen LogP contribution is -2.38. The van der Waals surface area contributed by atoms with Gasteiger partial charge in [0.1, 0.15) is 0 Å². The molecule has 0 spiro atoms. The van der Waals surface area contributed by atoms with Crippen molar-refractivity contribution in [3.05, 3.63) is 23.2 Å². The molecule has 0 unspecified atom stereocenters. The quantitative estimate of drug-likeness (QED) is 0.767. The van der Waals surface area contributed by atoms with Gasteiger partial charge in [0.15, 0.2) is 0 Å². The summed E-state index contributed by atoms with van der Waals surface area (Å²) in [5.74, 6) is -0.720. The maximum absolute atomic E-state index is 12.2. The zero-order chi connectivity index (χ0) is 13.9. The Kier molecular flexibility index (Phi) is 4.55. The van der Waals surface area contributed by atoms with Crippen LogP contribution >= 0.6 is 11.6 Å². The topological polar surface area (TPSA) is 106 Å². The highest BCUT2D eigenvalue weighted by Crippen LogP contribution is 2.24. The second-order valence-corrected chi connectivity index (χ2v) is 5.93. The zero-order valence-electron chi connectivity index (χ0n) is 9.76. The molecule has 0 heterocycles. The minimum absolute atomic E-state index is 0.0208. The Balaban J connectivity index is 3.18. The van der Waals surface area contributed by atoms with Gasteiger partial charge in [0.25, 0.3) is 0 Å². The minimum Gasteiger partial charge on any atom is -0.397 e. The van der Waals surface area contributed by atoms with Crippen LogP contribution in [0.4, 0.5) is 5.69 Å². The molecule has 0 fully saturated rings. The molecule has 1 rings (SSSR count). The summed E-state index contributed by atoms with van der Waals surface area (Å²) in [6.07, 6.45) is 0. The number of sulfonamides is 1. The summed E-state index contributed by atoms with van der Waals surface area (Å²) < 4.78 is 25.3. The number of anilines is 1. The first-order valence-electron chi connectivity index (χ1n) is 5.12. The van der Waals surface area contributed by atoms with Crippen molar-refractivity contribution in [1.29, 1.82) is 0 Å². The average molecular weight is 292 g/mol. The first-order chi connectivity index (χ1) is 8.28. The number of nitrogens with two attached hydrogens (primary N) is 2. The number of nitrogen functional groups attached to an aromatic ring is 1. The summed E-state index contributed by atoms with van der Waals surface area (Å²) >= 11 is 5.72. The molecule has 0 saturated heterocycles. The number of hydrogen-bond donors (Lipinski definition) is 2. The third-order valence-electron chi connectivity index (χ3n) is 2.29. The van der Waals surface area contributed by atoms with E-state index in [4.69, 9.17) is 23.1 Å². The van der Waals surface area contributed by atoms with Gasteiger partial charge < -0.3 is 11.5 Å². The van der Waals surface area contributed by atoms with Crippen molar-refractivity contribution in [1.82, 2.24) is 4.31 Å². The first kappa shape index (κ1) is 14.7. The van der Waals surface area contributed by atoms with Gasteiger partial charge in [-0.15, -0.1) is 0 Å². The molecule has 0 aliphatic carbocycles. The molecule has 0 atom stereocenters. The Morgan fingerprint density at radius 3 is 2.50 bits per heavy atom. The van der Waals surface area contributed by atoms with Crippen molar-refractivity contribution in [3.8, 4) is 0 Å².